The highest BCUT2D eigenvalue weighted by molar-refractivity contribution is 5.82. The zero-order valence-electron chi connectivity index (χ0n) is 15.5. The Hall–Kier alpha value is -1.06. The summed E-state index contributed by atoms with van der Waals surface area (Å²) in [6, 6.07) is 0. The van der Waals surface area contributed by atoms with Gasteiger partial charge in [0.15, 0.2) is 0 Å². The van der Waals surface area contributed by atoms with E-state index in [-0.39, 0.29) is 23.8 Å². The molecule has 1 aliphatic carbocycles. The van der Waals surface area contributed by atoms with Crippen LogP contribution in [0.1, 0.15) is 79.6 Å². The van der Waals surface area contributed by atoms with Gasteiger partial charge in [0, 0.05) is 0 Å². The standard InChI is InChI=1S/C19H34O4/c1-14(2)10-8-9-13-22-17(20)15-11-6-7-12-16(15)18(21)23-19(3,4)5/h14-16H,6-13H2,1-5H3. The lowest BCUT2D eigenvalue weighted by atomic mass is 9.79. The molecular weight excluding hydrogens is 292 g/mol. The minimum absolute atomic E-state index is 0.217. The number of rotatable bonds is 7. The van der Waals surface area contributed by atoms with E-state index < -0.39 is 5.60 Å². The molecule has 1 aliphatic rings. The Morgan fingerprint density at radius 3 is 2.09 bits per heavy atom. The van der Waals surface area contributed by atoms with E-state index in [1.165, 1.54) is 0 Å². The molecule has 0 bridgehead atoms. The predicted molar refractivity (Wildman–Crippen MR) is 90.9 cm³/mol. The van der Waals surface area contributed by atoms with Gasteiger partial charge >= 0.3 is 11.9 Å². The molecule has 0 aromatic heterocycles. The van der Waals surface area contributed by atoms with Crippen LogP contribution in [0.15, 0.2) is 0 Å². The van der Waals surface area contributed by atoms with Gasteiger partial charge in [-0.3, -0.25) is 9.59 Å². The van der Waals surface area contributed by atoms with Crippen molar-refractivity contribution < 1.29 is 19.1 Å². The highest BCUT2D eigenvalue weighted by atomic mass is 16.6. The van der Waals surface area contributed by atoms with Crippen LogP contribution < -0.4 is 0 Å². The molecule has 0 radical (unpaired) electrons. The molecule has 23 heavy (non-hydrogen) atoms. The summed E-state index contributed by atoms with van der Waals surface area (Å²) in [6.07, 6.45) is 6.53. The fourth-order valence-corrected chi connectivity index (χ4v) is 3.01. The largest absolute Gasteiger partial charge is 0.465 e. The van der Waals surface area contributed by atoms with Gasteiger partial charge in [0.25, 0.3) is 0 Å². The highest BCUT2D eigenvalue weighted by Gasteiger charge is 2.39. The summed E-state index contributed by atoms with van der Waals surface area (Å²) < 4.78 is 10.9. The Morgan fingerprint density at radius 2 is 1.57 bits per heavy atom. The van der Waals surface area contributed by atoms with Gasteiger partial charge < -0.3 is 9.47 Å². The maximum absolute atomic E-state index is 12.3. The Morgan fingerprint density at radius 1 is 1.00 bits per heavy atom. The van der Waals surface area contributed by atoms with Gasteiger partial charge in [-0.25, -0.2) is 0 Å². The van der Waals surface area contributed by atoms with E-state index in [0.717, 1.165) is 44.9 Å². The van der Waals surface area contributed by atoms with Crippen LogP contribution in [0, 0.1) is 17.8 Å². The van der Waals surface area contributed by atoms with Crippen molar-refractivity contribution in [1.82, 2.24) is 0 Å². The first-order chi connectivity index (χ1) is 10.7. The number of esters is 2. The average Bonchev–Trinajstić information content (AvgIpc) is 2.44. The molecule has 0 aromatic rings. The number of hydrogen-bond donors (Lipinski definition) is 0. The summed E-state index contributed by atoms with van der Waals surface area (Å²) in [5, 5.41) is 0. The predicted octanol–water partition coefficient (Wildman–Crippen LogP) is 4.50. The molecule has 0 saturated heterocycles. The molecule has 2 atom stereocenters. The second-order valence-electron chi connectivity index (χ2n) is 8.09. The van der Waals surface area contributed by atoms with Crippen LogP contribution in [-0.2, 0) is 19.1 Å². The topological polar surface area (TPSA) is 52.6 Å². The minimum Gasteiger partial charge on any atom is -0.465 e. The third kappa shape index (κ3) is 7.85. The molecule has 0 spiro atoms. The van der Waals surface area contributed by atoms with Gasteiger partial charge in [-0.1, -0.05) is 33.1 Å². The highest BCUT2D eigenvalue weighted by Crippen LogP contribution is 2.33. The smallest absolute Gasteiger partial charge is 0.310 e. The number of unbranched alkanes of at least 4 members (excludes halogenated alkanes) is 1. The Labute approximate surface area is 141 Å². The van der Waals surface area contributed by atoms with E-state index in [1.807, 2.05) is 20.8 Å². The Kier molecular flexibility index (Phi) is 8.07. The molecule has 1 fully saturated rings. The molecule has 0 N–H and O–H groups in total. The lowest BCUT2D eigenvalue weighted by Crippen LogP contribution is -2.38. The van der Waals surface area contributed by atoms with Gasteiger partial charge in [0.05, 0.1) is 18.4 Å². The molecule has 0 amide bonds. The maximum Gasteiger partial charge on any atom is 0.310 e. The van der Waals surface area contributed by atoms with Gasteiger partial charge in [0.2, 0.25) is 0 Å². The van der Waals surface area contributed by atoms with Crippen LogP contribution in [0.4, 0.5) is 0 Å². The van der Waals surface area contributed by atoms with Crippen LogP contribution in [0.2, 0.25) is 0 Å². The van der Waals surface area contributed by atoms with Gasteiger partial charge in [-0.2, -0.15) is 0 Å². The lowest BCUT2D eigenvalue weighted by molar-refractivity contribution is -0.170. The van der Waals surface area contributed by atoms with Crippen molar-refractivity contribution in [2.24, 2.45) is 17.8 Å². The van der Waals surface area contributed by atoms with E-state index in [0.29, 0.717) is 12.5 Å². The third-order valence-corrected chi connectivity index (χ3v) is 4.20. The van der Waals surface area contributed by atoms with E-state index >= 15 is 0 Å². The van der Waals surface area contributed by atoms with Crippen molar-refractivity contribution in [3.05, 3.63) is 0 Å². The molecule has 4 nitrogen and oxygen atoms in total. The molecular formula is C19H34O4. The van der Waals surface area contributed by atoms with Crippen LogP contribution in [0.3, 0.4) is 0 Å². The molecule has 0 aliphatic heterocycles. The normalized spacial score (nSPS) is 22.0. The zero-order chi connectivity index (χ0) is 17.5. The summed E-state index contributed by atoms with van der Waals surface area (Å²) >= 11 is 0. The van der Waals surface area contributed by atoms with E-state index in [2.05, 4.69) is 13.8 Å². The van der Waals surface area contributed by atoms with E-state index in [1.54, 1.807) is 0 Å². The van der Waals surface area contributed by atoms with Crippen LogP contribution >= 0.6 is 0 Å². The first-order valence-corrected chi connectivity index (χ1v) is 9.10. The van der Waals surface area contributed by atoms with Crippen LogP contribution in [0.5, 0.6) is 0 Å². The quantitative estimate of drug-likeness (QED) is 0.510. The van der Waals surface area contributed by atoms with Crippen LogP contribution in [-0.4, -0.2) is 24.1 Å². The third-order valence-electron chi connectivity index (χ3n) is 4.20. The van der Waals surface area contributed by atoms with Crippen molar-refractivity contribution in [3.63, 3.8) is 0 Å². The van der Waals surface area contributed by atoms with Crippen molar-refractivity contribution in [3.8, 4) is 0 Å². The molecule has 134 valence electrons. The Bertz CT molecular complexity index is 381. The number of carbonyl (C=O) groups excluding carboxylic acids is 2. The van der Waals surface area contributed by atoms with Gasteiger partial charge in [0.1, 0.15) is 5.60 Å². The SMILES string of the molecule is CC(C)CCCCOC(=O)C1CCCCC1C(=O)OC(C)(C)C. The fraction of sp³-hybridized carbons (Fsp3) is 0.895. The molecule has 1 saturated carbocycles. The van der Waals surface area contributed by atoms with Gasteiger partial charge in [-0.05, 0) is 52.4 Å². The Balaban J connectivity index is 2.47. The molecule has 0 aromatic carbocycles. The van der Waals surface area contributed by atoms with E-state index in [4.69, 9.17) is 9.47 Å². The number of ether oxygens (including phenoxy) is 2. The van der Waals surface area contributed by atoms with Crippen molar-refractivity contribution in [2.75, 3.05) is 6.61 Å². The summed E-state index contributed by atoms with van der Waals surface area (Å²) in [6.45, 7) is 10.4. The average molecular weight is 326 g/mol. The molecule has 4 heteroatoms. The second-order valence-corrected chi connectivity index (χ2v) is 8.09. The zero-order valence-corrected chi connectivity index (χ0v) is 15.5. The lowest BCUT2D eigenvalue weighted by Gasteiger charge is -2.31. The second kappa shape index (κ2) is 9.29. The maximum atomic E-state index is 12.3. The summed E-state index contributed by atoms with van der Waals surface area (Å²) in [5.74, 6) is -0.459. The first kappa shape index (κ1) is 20.0. The minimum atomic E-state index is -0.514. The number of carbonyl (C=O) groups is 2. The fourth-order valence-electron chi connectivity index (χ4n) is 3.01. The summed E-state index contributed by atoms with van der Waals surface area (Å²) in [5.41, 5.74) is -0.514. The molecule has 1 rings (SSSR count). The number of hydrogen-bond acceptors (Lipinski definition) is 4. The molecule has 2 unspecified atom stereocenters. The van der Waals surface area contributed by atoms with Crippen LogP contribution in [0.25, 0.3) is 0 Å². The monoisotopic (exact) mass is 326 g/mol. The molecule has 0 heterocycles. The van der Waals surface area contributed by atoms with Crippen molar-refractivity contribution in [1.29, 1.82) is 0 Å². The van der Waals surface area contributed by atoms with Crippen molar-refractivity contribution in [2.45, 2.75) is 85.2 Å². The van der Waals surface area contributed by atoms with Crippen molar-refractivity contribution >= 4 is 11.9 Å². The first-order valence-electron chi connectivity index (χ1n) is 9.10. The van der Waals surface area contributed by atoms with E-state index in [9.17, 15) is 9.59 Å². The summed E-state index contributed by atoms with van der Waals surface area (Å²) in [7, 11) is 0. The summed E-state index contributed by atoms with van der Waals surface area (Å²) in [4.78, 5) is 24.7. The van der Waals surface area contributed by atoms with Gasteiger partial charge in [-0.15, -0.1) is 0 Å².